The van der Waals surface area contributed by atoms with Crippen molar-refractivity contribution in [3.05, 3.63) is 35.4 Å². The highest BCUT2D eigenvalue weighted by molar-refractivity contribution is 6.02. The van der Waals surface area contributed by atoms with Gasteiger partial charge in [-0.3, -0.25) is 0 Å². The summed E-state index contributed by atoms with van der Waals surface area (Å²) in [6, 6.07) is 6.17. The number of carboxylic acid groups (broad SMARTS) is 1. The van der Waals surface area contributed by atoms with E-state index >= 15 is 0 Å². The maximum absolute atomic E-state index is 12.1. The molecular formula is C16H20O4. The highest BCUT2D eigenvalue weighted by atomic mass is 16.5. The van der Waals surface area contributed by atoms with E-state index in [2.05, 4.69) is 0 Å². The second-order valence-corrected chi connectivity index (χ2v) is 5.36. The monoisotopic (exact) mass is 276 g/mol. The van der Waals surface area contributed by atoms with Crippen molar-refractivity contribution in [3.63, 3.8) is 0 Å². The molecule has 0 amide bonds. The highest BCUT2D eigenvalue weighted by Crippen LogP contribution is 2.28. The average Bonchev–Trinajstić information content (AvgIpc) is 2.48. The first-order valence-electron chi connectivity index (χ1n) is 7.13. The molecule has 1 saturated carbocycles. The lowest BCUT2D eigenvalue weighted by Crippen LogP contribution is -2.26. The lowest BCUT2D eigenvalue weighted by atomic mass is 9.86. The average molecular weight is 276 g/mol. The third kappa shape index (κ3) is 3.38. The highest BCUT2D eigenvalue weighted by Gasteiger charge is 2.25. The van der Waals surface area contributed by atoms with Crippen LogP contribution in [0.2, 0.25) is 0 Å². The Kier molecular flexibility index (Phi) is 4.77. The Bertz CT molecular complexity index is 489. The fourth-order valence-corrected chi connectivity index (χ4v) is 2.78. The minimum absolute atomic E-state index is 0.00616. The van der Waals surface area contributed by atoms with E-state index in [0.717, 1.165) is 12.8 Å². The number of hydrogen-bond donors (Lipinski definition) is 1. The fraction of sp³-hybridized carbons (Fsp3) is 0.500. The van der Waals surface area contributed by atoms with Gasteiger partial charge in [0.2, 0.25) is 0 Å². The van der Waals surface area contributed by atoms with Crippen LogP contribution in [0, 0.1) is 5.92 Å². The Labute approximate surface area is 118 Å². The molecule has 1 atom stereocenters. The summed E-state index contributed by atoms with van der Waals surface area (Å²) >= 11 is 0. The predicted octanol–water partition coefficient (Wildman–Crippen LogP) is 3.51. The molecule has 108 valence electrons. The van der Waals surface area contributed by atoms with E-state index in [1.165, 1.54) is 31.4 Å². The summed E-state index contributed by atoms with van der Waals surface area (Å²) in [4.78, 5) is 23.2. The number of carboxylic acids is 1. The van der Waals surface area contributed by atoms with Gasteiger partial charge < -0.3 is 9.84 Å². The number of carbonyl (C=O) groups is 2. The van der Waals surface area contributed by atoms with E-state index in [4.69, 9.17) is 9.84 Å². The van der Waals surface area contributed by atoms with E-state index in [9.17, 15) is 9.59 Å². The van der Waals surface area contributed by atoms with E-state index in [1.807, 2.05) is 6.92 Å². The van der Waals surface area contributed by atoms with Gasteiger partial charge in [-0.25, -0.2) is 9.59 Å². The Morgan fingerprint density at radius 2 is 1.75 bits per heavy atom. The zero-order chi connectivity index (χ0) is 14.5. The molecule has 20 heavy (non-hydrogen) atoms. The Morgan fingerprint density at radius 3 is 2.35 bits per heavy atom. The number of rotatable bonds is 4. The molecule has 0 bridgehead atoms. The van der Waals surface area contributed by atoms with E-state index in [1.54, 1.807) is 12.1 Å². The molecule has 1 N–H and O–H groups in total. The van der Waals surface area contributed by atoms with Crippen LogP contribution in [-0.4, -0.2) is 23.1 Å². The van der Waals surface area contributed by atoms with Crippen molar-refractivity contribution in [3.8, 4) is 0 Å². The first-order chi connectivity index (χ1) is 9.59. The number of carbonyl (C=O) groups excluding carboxylic acids is 1. The molecule has 1 fully saturated rings. The number of benzene rings is 1. The summed E-state index contributed by atoms with van der Waals surface area (Å²) in [6.45, 7) is 1.90. The summed E-state index contributed by atoms with van der Waals surface area (Å²) in [5.74, 6) is -1.26. The fourth-order valence-electron chi connectivity index (χ4n) is 2.78. The minimum Gasteiger partial charge on any atom is -0.478 e. The number of hydrogen-bond acceptors (Lipinski definition) is 3. The van der Waals surface area contributed by atoms with Gasteiger partial charge in [0, 0.05) is 0 Å². The Hall–Kier alpha value is -1.84. The molecule has 0 heterocycles. The van der Waals surface area contributed by atoms with E-state index in [-0.39, 0.29) is 17.2 Å². The molecule has 0 aromatic heterocycles. The van der Waals surface area contributed by atoms with Gasteiger partial charge >= 0.3 is 11.9 Å². The predicted molar refractivity (Wildman–Crippen MR) is 74.9 cm³/mol. The van der Waals surface area contributed by atoms with Crippen LogP contribution in [0.15, 0.2) is 24.3 Å². The maximum Gasteiger partial charge on any atom is 0.339 e. The van der Waals surface area contributed by atoms with Crippen LogP contribution in [0.3, 0.4) is 0 Å². The minimum atomic E-state index is -1.11. The van der Waals surface area contributed by atoms with Crippen molar-refractivity contribution in [1.29, 1.82) is 0 Å². The van der Waals surface area contributed by atoms with Crippen molar-refractivity contribution >= 4 is 11.9 Å². The van der Waals surface area contributed by atoms with Gasteiger partial charge in [-0.05, 0) is 37.8 Å². The molecule has 1 aliphatic carbocycles. The van der Waals surface area contributed by atoms with E-state index < -0.39 is 11.9 Å². The summed E-state index contributed by atoms with van der Waals surface area (Å²) in [5, 5.41) is 9.09. The standard InChI is InChI=1S/C16H20O4/c1-11(12-7-3-2-4-8-12)20-16(19)14-10-6-5-9-13(14)15(17)18/h5-6,9-12H,2-4,7-8H2,1H3,(H,17,18). The van der Waals surface area contributed by atoms with Gasteiger partial charge in [0.1, 0.15) is 6.10 Å². The van der Waals surface area contributed by atoms with Gasteiger partial charge in [0.25, 0.3) is 0 Å². The Balaban J connectivity index is 2.06. The van der Waals surface area contributed by atoms with Crippen LogP contribution >= 0.6 is 0 Å². The van der Waals surface area contributed by atoms with Crippen LogP contribution in [-0.2, 0) is 4.74 Å². The molecule has 1 aromatic carbocycles. The number of aromatic carboxylic acids is 1. The molecular weight excluding hydrogens is 256 g/mol. The van der Waals surface area contributed by atoms with Gasteiger partial charge in [-0.15, -0.1) is 0 Å². The smallest absolute Gasteiger partial charge is 0.339 e. The SMILES string of the molecule is CC(OC(=O)c1ccccc1C(=O)O)C1CCCCC1. The van der Waals surface area contributed by atoms with Crippen LogP contribution in [0.1, 0.15) is 59.7 Å². The molecule has 1 aliphatic rings. The van der Waals surface area contributed by atoms with E-state index in [0.29, 0.717) is 5.92 Å². The third-order valence-electron chi connectivity index (χ3n) is 3.98. The third-order valence-corrected chi connectivity index (χ3v) is 3.98. The quantitative estimate of drug-likeness (QED) is 0.855. The second kappa shape index (κ2) is 6.55. The molecule has 2 rings (SSSR count). The van der Waals surface area contributed by atoms with Gasteiger partial charge in [-0.1, -0.05) is 31.4 Å². The van der Waals surface area contributed by atoms with Crippen LogP contribution in [0.25, 0.3) is 0 Å². The molecule has 0 saturated heterocycles. The van der Waals surface area contributed by atoms with Crippen molar-refractivity contribution < 1.29 is 19.4 Å². The molecule has 0 aliphatic heterocycles. The second-order valence-electron chi connectivity index (χ2n) is 5.36. The first-order valence-corrected chi connectivity index (χ1v) is 7.13. The van der Waals surface area contributed by atoms with Crippen molar-refractivity contribution in [2.75, 3.05) is 0 Å². The van der Waals surface area contributed by atoms with Gasteiger partial charge in [-0.2, -0.15) is 0 Å². The molecule has 1 unspecified atom stereocenters. The zero-order valence-electron chi connectivity index (χ0n) is 11.7. The normalized spacial score (nSPS) is 17.4. The van der Waals surface area contributed by atoms with Crippen LogP contribution in [0.5, 0.6) is 0 Å². The molecule has 0 radical (unpaired) electrons. The van der Waals surface area contributed by atoms with Crippen LogP contribution in [0.4, 0.5) is 0 Å². The molecule has 4 nitrogen and oxygen atoms in total. The van der Waals surface area contributed by atoms with Crippen LogP contribution < -0.4 is 0 Å². The van der Waals surface area contributed by atoms with Crippen molar-refractivity contribution in [2.45, 2.75) is 45.1 Å². The lowest BCUT2D eigenvalue weighted by Gasteiger charge is -2.27. The number of esters is 1. The molecule has 1 aromatic rings. The lowest BCUT2D eigenvalue weighted by molar-refractivity contribution is 0.0137. The maximum atomic E-state index is 12.1. The van der Waals surface area contributed by atoms with Gasteiger partial charge in [0.15, 0.2) is 0 Å². The summed E-state index contributed by atoms with van der Waals surface area (Å²) in [5.41, 5.74) is 0.121. The first kappa shape index (κ1) is 14.6. The Morgan fingerprint density at radius 1 is 1.15 bits per heavy atom. The van der Waals surface area contributed by atoms with Crippen molar-refractivity contribution in [2.24, 2.45) is 5.92 Å². The summed E-state index contributed by atoms with van der Waals surface area (Å²) in [7, 11) is 0. The topological polar surface area (TPSA) is 63.6 Å². The largest absolute Gasteiger partial charge is 0.478 e. The zero-order valence-corrected chi connectivity index (χ0v) is 11.7. The summed E-state index contributed by atoms with van der Waals surface area (Å²) in [6.07, 6.45) is 5.60. The van der Waals surface area contributed by atoms with Crippen molar-refractivity contribution in [1.82, 2.24) is 0 Å². The summed E-state index contributed by atoms with van der Waals surface area (Å²) < 4.78 is 5.46. The van der Waals surface area contributed by atoms with Gasteiger partial charge in [0.05, 0.1) is 11.1 Å². The number of ether oxygens (including phenoxy) is 1. The molecule has 4 heteroatoms. The molecule has 0 spiro atoms.